The molecule has 0 aromatic heterocycles. The third-order valence-corrected chi connectivity index (χ3v) is 5.57. The first kappa shape index (κ1) is 15.2. The average molecular weight is 337 g/mol. The second kappa shape index (κ2) is 5.65. The van der Waals surface area contributed by atoms with E-state index in [9.17, 15) is 4.79 Å². The van der Waals surface area contributed by atoms with Crippen molar-refractivity contribution in [2.75, 3.05) is 38.3 Å². The highest BCUT2D eigenvalue weighted by atomic mass is 35.5. The number of carbonyl (C=O) groups is 1. The summed E-state index contributed by atoms with van der Waals surface area (Å²) in [7, 11) is 1.83. The summed E-state index contributed by atoms with van der Waals surface area (Å²) in [5.74, 6) is 0.876. The van der Waals surface area contributed by atoms with Crippen LogP contribution in [0.3, 0.4) is 0 Å². The van der Waals surface area contributed by atoms with E-state index in [0.29, 0.717) is 11.6 Å². The first-order valence-corrected chi connectivity index (χ1v) is 8.57. The molecule has 1 aromatic rings. The van der Waals surface area contributed by atoms with Gasteiger partial charge in [0.2, 0.25) is 5.91 Å². The standard InChI is InChI=1S/C17H21ClN2O3/c1-20-15-13(23-11-4-9-22-10-11)3-2-12(18)14(15)17(16(20)21)5-7-19-8-6-17/h2-3,11,19H,4-10H2,1H3. The molecule has 2 saturated heterocycles. The van der Waals surface area contributed by atoms with Gasteiger partial charge in [-0.3, -0.25) is 4.79 Å². The lowest BCUT2D eigenvalue weighted by Crippen LogP contribution is -2.46. The number of carbonyl (C=O) groups excluding carboxylic acids is 1. The van der Waals surface area contributed by atoms with Gasteiger partial charge >= 0.3 is 0 Å². The lowest BCUT2D eigenvalue weighted by molar-refractivity contribution is -0.123. The SMILES string of the molecule is CN1C(=O)C2(CCNCC2)c2c(Cl)ccc(OC3CCOC3)c21. The molecule has 1 N–H and O–H groups in total. The molecular formula is C17H21ClN2O3. The Kier molecular flexibility index (Phi) is 3.75. The van der Waals surface area contributed by atoms with Crippen LogP contribution in [0.2, 0.25) is 5.02 Å². The van der Waals surface area contributed by atoms with Gasteiger partial charge in [-0.05, 0) is 38.1 Å². The molecule has 1 spiro atoms. The zero-order chi connectivity index (χ0) is 16.0. The number of fused-ring (bicyclic) bond motifs is 2. The number of nitrogens with zero attached hydrogens (tertiary/aromatic N) is 1. The molecule has 6 heteroatoms. The predicted octanol–water partition coefficient (Wildman–Crippen LogP) is 2.11. The summed E-state index contributed by atoms with van der Waals surface area (Å²) in [6.45, 7) is 2.99. The molecule has 3 heterocycles. The highest BCUT2D eigenvalue weighted by Gasteiger charge is 2.52. The van der Waals surface area contributed by atoms with E-state index >= 15 is 0 Å². The van der Waals surface area contributed by atoms with Gasteiger partial charge in [0, 0.05) is 24.1 Å². The molecule has 5 nitrogen and oxygen atoms in total. The van der Waals surface area contributed by atoms with Gasteiger partial charge < -0.3 is 19.7 Å². The summed E-state index contributed by atoms with van der Waals surface area (Å²) < 4.78 is 11.5. The van der Waals surface area contributed by atoms with Crippen LogP contribution in [0.1, 0.15) is 24.8 Å². The lowest BCUT2D eigenvalue weighted by Gasteiger charge is -2.33. The Morgan fingerprint density at radius 2 is 2.17 bits per heavy atom. The van der Waals surface area contributed by atoms with E-state index in [1.54, 1.807) is 4.90 Å². The number of benzene rings is 1. The van der Waals surface area contributed by atoms with Crippen LogP contribution in [0.25, 0.3) is 0 Å². The Balaban J connectivity index is 1.80. The zero-order valence-corrected chi connectivity index (χ0v) is 14.0. The molecule has 1 amide bonds. The van der Waals surface area contributed by atoms with Crippen LogP contribution in [0.15, 0.2) is 12.1 Å². The molecule has 3 aliphatic heterocycles. The molecule has 0 bridgehead atoms. The van der Waals surface area contributed by atoms with Crippen LogP contribution in [0, 0.1) is 0 Å². The number of likely N-dealkylation sites (N-methyl/N-ethyl adjacent to an activating group) is 1. The van der Waals surface area contributed by atoms with Crippen LogP contribution >= 0.6 is 11.6 Å². The summed E-state index contributed by atoms with van der Waals surface area (Å²) in [6.07, 6.45) is 2.48. The lowest BCUT2D eigenvalue weighted by atomic mass is 9.74. The first-order valence-electron chi connectivity index (χ1n) is 8.20. The average Bonchev–Trinajstić information content (AvgIpc) is 3.14. The van der Waals surface area contributed by atoms with Crippen LogP contribution in [0.5, 0.6) is 5.75 Å². The van der Waals surface area contributed by atoms with Crippen molar-refractivity contribution in [1.82, 2.24) is 5.32 Å². The fourth-order valence-electron chi connectivity index (χ4n) is 4.06. The quantitative estimate of drug-likeness (QED) is 0.898. The summed E-state index contributed by atoms with van der Waals surface area (Å²) in [4.78, 5) is 14.8. The van der Waals surface area contributed by atoms with Crippen LogP contribution in [-0.4, -0.2) is 45.4 Å². The summed E-state index contributed by atoms with van der Waals surface area (Å²) >= 11 is 6.53. The molecular weight excluding hydrogens is 316 g/mol. The van der Waals surface area contributed by atoms with Crippen LogP contribution in [-0.2, 0) is 14.9 Å². The number of amides is 1. The number of ether oxygens (including phenoxy) is 2. The molecule has 2 fully saturated rings. The Morgan fingerprint density at radius 3 is 2.87 bits per heavy atom. The van der Waals surface area contributed by atoms with E-state index in [1.807, 2.05) is 19.2 Å². The highest BCUT2D eigenvalue weighted by molar-refractivity contribution is 6.33. The molecule has 0 saturated carbocycles. The molecule has 0 radical (unpaired) electrons. The third kappa shape index (κ3) is 2.25. The fourth-order valence-corrected chi connectivity index (χ4v) is 4.40. The molecule has 4 rings (SSSR count). The predicted molar refractivity (Wildman–Crippen MR) is 88.5 cm³/mol. The minimum absolute atomic E-state index is 0.0494. The zero-order valence-electron chi connectivity index (χ0n) is 13.2. The maximum Gasteiger partial charge on any atom is 0.237 e. The minimum atomic E-state index is -0.502. The number of rotatable bonds is 2. The molecule has 1 atom stereocenters. The molecule has 1 aromatic carbocycles. The summed E-state index contributed by atoms with van der Waals surface area (Å²) in [5.41, 5.74) is 1.29. The Hall–Kier alpha value is -1.30. The second-order valence-corrected chi connectivity index (χ2v) is 6.98. The Labute approximate surface area is 140 Å². The minimum Gasteiger partial charge on any atom is -0.486 e. The van der Waals surface area contributed by atoms with E-state index in [2.05, 4.69) is 5.32 Å². The maximum atomic E-state index is 13.0. The third-order valence-electron chi connectivity index (χ3n) is 5.26. The van der Waals surface area contributed by atoms with E-state index in [1.165, 1.54) is 0 Å². The fraction of sp³-hybridized carbons (Fsp3) is 0.588. The summed E-state index contributed by atoms with van der Waals surface area (Å²) in [5, 5.41) is 4.00. The van der Waals surface area contributed by atoms with Crippen molar-refractivity contribution in [2.45, 2.75) is 30.8 Å². The first-order chi connectivity index (χ1) is 11.1. The number of piperidine rings is 1. The number of hydrogen-bond donors (Lipinski definition) is 1. The maximum absolute atomic E-state index is 13.0. The van der Waals surface area contributed by atoms with Gasteiger partial charge in [-0.15, -0.1) is 0 Å². The van der Waals surface area contributed by atoms with Gasteiger partial charge in [0.1, 0.15) is 11.9 Å². The van der Waals surface area contributed by atoms with Crippen molar-refractivity contribution in [3.8, 4) is 5.75 Å². The van der Waals surface area contributed by atoms with E-state index in [0.717, 1.165) is 56.0 Å². The number of nitrogens with one attached hydrogen (secondary N) is 1. The smallest absolute Gasteiger partial charge is 0.237 e. The van der Waals surface area contributed by atoms with Gasteiger partial charge in [0.05, 0.1) is 24.3 Å². The number of halogens is 1. The van der Waals surface area contributed by atoms with Crippen molar-refractivity contribution >= 4 is 23.2 Å². The van der Waals surface area contributed by atoms with Crippen molar-refractivity contribution in [3.05, 3.63) is 22.7 Å². The van der Waals surface area contributed by atoms with Crippen LogP contribution in [0.4, 0.5) is 5.69 Å². The number of anilines is 1. The van der Waals surface area contributed by atoms with E-state index in [4.69, 9.17) is 21.1 Å². The summed E-state index contributed by atoms with van der Waals surface area (Å²) in [6, 6.07) is 3.74. The van der Waals surface area contributed by atoms with Crippen molar-refractivity contribution in [3.63, 3.8) is 0 Å². The van der Waals surface area contributed by atoms with E-state index < -0.39 is 5.41 Å². The van der Waals surface area contributed by atoms with Gasteiger partial charge in [0.15, 0.2) is 0 Å². The van der Waals surface area contributed by atoms with E-state index in [-0.39, 0.29) is 12.0 Å². The molecule has 3 aliphatic rings. The van der Waals surface area contributed by atoms with Crippen LogP contribution < -0.4 is 15.0 Å². The second-order valence-electron chi connectivity index (χ2n) is 6.57. The largest absolute Gasteiger partial charge is 0.486 e. The normalized spacial score (nSPS) is 25.9. The molecule has 1 unspecified atom stereocenters. The van der Waals surface area contributed by atoms with Crippen molar-refractivity contribution in [1.29, 1.82) is 0 Å². The van der Waals surface area contributed by atoms with Crippen molar-refractivity contribution in [2.24, 2.45) is 0 Å². The van der Waals surface area contributed by atoms with Gasteiger partial charge in [-0.25, -0.2) is 0 Å². The van der Waals surface area contributed by atoms with Gasteiger partial charge in [-0.1, -0.05) is 11.6 Å². The molecule has 23 heavy (non-hydrogen) atoms. The van der Waals surface area contributed by atoms with Gasteiger partial charge in [-0.2, -0.15) is 0 Å². The Morgan fingerprint density at radius 1 is 1.39 bits per heavy atom. The number of hydrogen-bond acceptors (Lipinski definition) is 4. The topological polar surface area (TPSA) is 50.8 Å². The Bertz CT molecular complexity index is 637. The monoisotopic (exact) mass is 336 g/mol. The van der Waals surface area contributed by atoms with Gasteiger partial charge in [0.25, 0.3) is 0 Å². The molecule has 0 aliphatic carbocycles. The molecule has 124 valence electrons. The van der Waals surface area contributed by atoms with Crippen molar-refractivity contribution < 1.29 is 14.3 Å². The highest BCUT2D eigenvalue weighted by Crippen LogP contribution is 2.53.